The lowest BCUT2D eigenvalue weighted by Crippen LogP contribution is -2.36. The summed E-state index contributed by atoms with van der Waals surface area (Å²) in [5.41, 5.74) is 2.68. The minimum absolute atomic E-state index is 0.0160. The molecular formula is C23H25N3O2. The summed E-state index contributed by atoms with van der Waals surface area (Å²) in [7, 11) is 0. The summed E-state index contributed by atoms with van der Waals surface area (Å²) in [6, 6.07) is 21.3. The minimum atomic E-state index is -0.189. The van der Waals surface area contributed by atoms with E-state index in [1.165, 1.54) is 17.0 Å². The number of carbonyl (C=O) groups is 1. The van der Waals surface area contributed by atoms with Crippen LogP contribution in [0.3, 0.4) is 0 Å². The summed E-state index contributed by atoms with van der Waals surface area (Å²) < 4.78 is 1.38. The molecule has 0 fully saturated rings. The SMILES string of the molecule is CCCc1cc(=O)n(CC(=O)N(Cc2ccccc2)Cc2ccccc2)cn1. The summed E-state index contributed by atoms with van der Waals surface area (Å²) >= 11 is 0. The van der Waals surface area contributed by atoms with Crippen molar-refractivity contribution in [3.05, 3.63) is 100 Å². The molecule has 1 amide bonds. The van der Waals surface area contributed by atoms with Crippen molar-refractivity contribution < 1.29 is 4.79 Å². The van der Waals surface area contributed by atoms with E-state index in [0.29, 0.717) is 13.1 Å². The molecular weight excluding hydrogens is 350 g/mol. The maximum absolute atomic E-state index is 13.0. The van der Waals surface area contributed by atoms with Gasteiger partial charge in [-0.1, -0.05) is 74.0 Å². The smallest absolute Gasteiger partial charge is 0.253 e. The van der Waals surface area contributed by atoms with Crippen LogP contribution in [0, 0.1) is 0 Å². The molecule has 0 aliphatic rings. The highest BCUT2D eigenvalue weighted by molar-refractivity contribution is 5.76. The van der Waals surface area contributed by atoms with E-state index in [-0.39, 0.29) is 18.0 Å². The Kier molecular flexibility index (Phi) is 6.73. The van der Waals surface area contributed by atoms with E-state index in [1.54, 1.807) is 4.90 Å². The van der Waals surface area contributed by atoms with Gasteiger partial charge < -0.3 is 4.90 Å². The van der Waals surface area contributed by atoms with Crippen molar-refractivity contribution in [3.8, 4) is 0 Å². The molecule has 5 heteroatoms. The normalized spacial score (nSPS) is 10.6. The first-order valence-corrected chi connectivity index (χ1v) is 9.56. The number of hydrogen-bond acceptors (Lipinski definition) is 3. The zero-order chi connectivity index (χ0) is 19.8. The Bertz CT molecular complexity index is 911. The van der Waals surface area contributed by atoms with Gasteiger partial charge in [-0.2, -0.15) is 0 Å². The van der Waals surface area contributed by atoms with Crippen LogP contribution in [-0.4, -0.2) is 20.4 Å². The van der Waals surface area contributed by atoms with E-state index in [9.17, 15) is 9.59 Å². The van der Waals surface area contributed by atoms with Gasteiger partial charge in [0.2, 0.25) is 5.91 Å². The van der Waals surface area contributed by atoms with E-state index in [2.05, 4.69) is 4.98 Å². The Labute approximate surface area is 165 Å². The van der Waals surface area contributed by atoms with Gasteiger partial charge in [0, 0.05) is 24.8 Å². The van der Waals surface area contributed by atoms with Gasteiger partial charge in [-0.15, -0.1) is 0 Å². The fourth-order valence-corrected chi connectivity index (χ4v) is 3.06. The largest absolute Gasteiger partial charge is 0.332 e. The Morgan fingerprint density at radius 1 is 0.964 bits per heavy atom. The highest BCUT2D eigenvalue weighted by Crippen LogP contribution is 2.11. The van der Waals surface area contributed by atoms with Crippen LogP contribution >= 0.6 is 0 Å². The second kappa shape index (κ2) is 9.65. The number of amides is 1. The first kappa shape index (κ1) is 19.5. The first-order valence-electron chi connectivity index (χ1n) is 9.56. The van der Waals surface area contributed by atoms with Crippen LogP contribution in [0.4, 0.5) is 0 Å². The lowest BCUT2D eigenvalue weighted by molar-refractivity contribution is -0.133. The maximum Gasteiger partial charge on any atom is 0.253 e. The van der Waals surface area contributed by atoms with Gasteiger partial charge >= 0.3 is 0 Å². The average Bonchev–Trinajstić information content (AvgIpc) is 2.71. The second-order valence-electron chi connectivity index (χ2n) is 6.82. The van der Waals surface area contributed by atoms with Gasteiger partial charge in [-0.3, -0.25) is 14.2 Å². The predicted octanol–water partition coefficient (Wildman–Crippen LogP) is 3.42. The fourth-order valence-electron chi connectivity index (χ4n) is 3.06. The predicted molar refractivity (Wildman–Crippen MR) is 110 cm³/mol. The number of hydrogen-bond donors (Lipinski definition) is 0. The molecule has 0 radical (unpaired) electrons. The van der Waals surface area contributed by atoms with Crippen molar-refractivity contribution in [2.24, 2.45) is 0 Å². The Hall–Kier alpha value is -3.21. The topological polar surface area (TPSA) is 55.2 Å². The summed E-state index contributed by atoms with van der Waals surface area (Å²) in [5, 5.41) is 0. The van der Waals surface area contributed by atoms with Crippen molar-refractivity contribution in [1.82, 2.24) is 14.5 Å². The number of nitrogens with zero attached hydrogens (tertiary/aromatic N) is 3. The molecule has 1 heterocycles. The molecule has 0 saturated carbocycles. The van der Waals surface area contributed by atoms with Crippen LogP contribution < -0.4 is 5.56 Å². The molecule has 28 heavy (non-hydrogen) atoms. The van der Waals surface area contributed by atoms with E-state index in [4.69, 9.17) is 0 Å². The van der Waals surface area contributed by atoms with Gasteiger partial charge in [0.05, 0.1) is 6.33 Å². The van der Waals surface area contributed by atoms with Gasteiger partial charge in [-0.25, -0.2) is 4.98 Å². The third kappa shape index (κ3) is 5.39. The molecule has 0 spiro atoms. The van der Waals surface area contributed by atoms with Crippen LogP contribution in [0.15, 0.2) is 77.9 Å². The van der Waals surface area contributed by atoms with Gasteiger partial charge in [0.15, 0.2) is 0 Å². The first-order chi connectivity index (χ1) is 13.7. The van der Waals surface area contributed by atoms with Gasteiger partial charge in [0.1, 0.15) is 6.54 Å². The van der Waals surface area contributed by atoms with Crippen molar-refractivity contribution in [1.29, 1.82) is 0 Å². The van der Waals surface area contributed by atoms with E-state index >= 15 is 0 Å². The molecule has 0 aliphatic heterocycles. The van der Waals surface area contributed by atoms with Gasteiger partial charge in [0.25, 0.3) is 5.56 Å². The molecule has 3 aromatic rings. The van der Waals surface area contributed by atoms with Crippen LogP contribution in [0.25, 0.3) is 0 Å². The number of aromatic nitrogens is 2. The molecule has 2 aromatic carbocycles. The molecule has 5 nitrogen and oxygen atoms in total. The van der Waals surface area contributed by atoms with Crippen molar-refractivity contribution in [2.75, 3.05) is 0 Å². The zero-order valence-electron chi connectivity index (χ0n) is 16.1. The molecule has 3 rings (SSSR count). The standard InChI is InChI=1S/C23H25N3O2/c1-2-9-21-14-22(27)26(18-24-21)17-23(28)25(15-19-10-5-3-6-11-19)16-20-12-7-4-8-13-20/h3-8,10-14,18H,2,9,15-17H2,1H3. The monoisotopic (exact) mass is 375 g/mol. The Morgan fingerprint density at radius 3 is 2.04 bits per heavy atom. The van der Waals surface area contributed by atoms with Crippen LogP contribution in [0.5, 0.6) is 0 Å². The highest BCUT2D eigenvalue weighted by Gasteiger charge is 2.16. The number of aryl methyl sites for hydroxylation is 1. The number of benzene rings is 2. The van der Waals surface area contributed by atoms with Crippen LogP contribution in [0.1, 0.15) is 30.2 Å². The third-order valence-corrected chi connectivity index (χ3v) is 4.53. The molecule has 144 valence electrons. The molecule has 0 saturated heterocycles. The van der Waals surface area contributed by atoms with Crippen molar-refractivity contribution >= 4 is 5.91 Å². The maximum atomic E-state index is 13.0. The van der Waals surface area contributed by atoms with Crippen molar-refractivity contribution in [3.63, 3.8) is 0 Å². The zero-order valence-corrected chi connectivity index (χ0v) is 16.1. The summed E-state index contributed by atoms with van der Waals surface area (Å²) in [4.78, 5) is 31.4. The average molecular weight is 375 g/mol. The van der Waals surface area contributed by atoms with E-state index < -0.39 is 0 Å². The Morgan fingerprint density at radius 2 is 1.54 bits per heavy atom. The lowest BCUT2D eigenvalue weighted by Gasteiger charge is -2.23. The minimum Gasteiger partial charge on any atom is -0.332 e. The van der Waals surface area contributed by atoms with Gasteiger partial charge in [-0.05, 0) is 17.5 Å². The summed E-state index contributed by atoms with van der Waals surface area (Å²) in [6.45, 7) is 3.01. The quantitative estimate of drug-likeness (QED) is 0.606. The van der Waals surface area contributed by atoms with E-state index in [0.717, 1.165) is 29.7 Å². The second-order valence-corrected chi connectivity index (χ2v) is 6.82. The molecule has 0 unspecified atom stereocenters. The summed E-state index contributed by atoms with van der Waals surface area (Å²) in [6.07, 6.45) is 3.17. The molecule has 0 N–H and O–H groups in total. The molecule has 0 bridgehead atoms. The Balaban J connectivity index is 1.78. The molecule has 0 aliphatic carbocycles. The number of rotatable bonds is 8. The molecule has 0 atom stereocenters. The highest BCUT2D eigenvalue weighted by atomic mass is 16.2. The number of carbonyl (C=O) groups excluding carboxylic acids is 1. The van der Waals surface area contributed by atoms with E-state index in [1.807, 2.05) is 67.6 Å². The third-order valence-electron chi connectivity index (χ3n) is 4.53. The summed E-state index contributed by atoms with van der Waals surface area (Å²) in [5.74, 6) is -0.111. The van der Waals surface area contributed by atoms with Crippen LogP contribution in [-0.2, 0) is 30.8 Å². The molecule has 1 aromatic heterocycles. The lowest BCUT2D eigenvalue weighted by atomic mass is 10.1. The fraction of sp³-hybridized carbons (Fsp3) is 0.261. The van der Waals surface area contributed by atoms with Crippen molar-refractivity contribution in [2.45, 2.75) is 39.4 Å². The van der Waals surface area contributed by atoms with Crippen LogP contribution in [0.2, 0.25) is 0 Å².